The van der Waals surface area contributed by atoms with Crippen LogP contribution in [0.2, 0.25) is 5.02 Å². The Morgan fingerprint density at radius 2 is 1.93 bits per heavy atom. The van der Waals surface area contributed by atoms with Crippen LogP contribution in [0.25, 0.3) is 0 Å². The molecule has 0 spiro atoms. The predicted molar refractivity (Wildman–Crippen MR) is 46.5 cm³/mol. The summed E-state index contributed by atoms with van der Waals surface area (Å²) in [6.07, 6.45) is 0. The standard InChI is InChI=1S/C8H3Cl2F3O/c9-5-3-1-2-4(6(5)11)7(14)8(10,12)13/h1-3H. The molecule has 0 radical (unpaired) electrons. The first-order valence-electron chi connectivity index (χ1n) is 3.39. The van der Waals surface area contributed by atoms with Gasteiger partial charge in [0.1, 0.15) is 0 Å². The monoisotopic (exact) mass is 242 g/mol. The average Bonchev–Trinajstić information content (AvgIpc) is 2.07. The number of ketones is 1. The molecule has 0 saturated heterocycles. The van der Waals surface area contributed by atoms with Gasteiger partial charge in [-0.25, -0.2) is 4.39 Å². The molecule has 0 aliphatic carbocycles. The zero-order chi connectivity index (χ0) is 10.9. The van der Waals surface area contributed by atoms with Crippen LogP contribution in [0, 0.1) is 5.82 Å². The van der Waals surface area contributed by atoms with Crippen molar-refractivity contribution in [1.29, 1.82) is 0 Å². The third-order valence-electron chi connectivity index (χ3n) is 1.45. The first kappa shape index (κ1) is 11.3. The van der Waals surface area contributed by atoms with Gasteiger partial charge in [-0.15, -0.1) is 0 Å². The Balaban J connectivity index is 3.21. The summed E-state index contributed by atoms with van der Waals surface area (Å²) in [5.41, 5.74) is -0.822. The van der Waals surface area contributed by atoms with E-state index in [9.17, 15) is 18.0 Å². The van der Waals surface area contributed by atoms with E-state index in [1.54, 1.807) is 0 Å². The van der Waals surface area contributed by atoms with Gasteiger partial charge in [0.25, 0.3) is 5.78 Å². The number of carbonyl (C=O) groups is 1. The van der Waals surface area contributed by atoms with E-state index in [2.05, 4.69) is 11.6 Å². The number of carbonyl (C=O) groups excluding carboxylic acids is 1. The minimum Gasteiger partial charge on any atom is -0.286 e. The summed E-state index contributed by atoms with van der Waals surface area (Å²) in [6, 6.07) is 3.21. The van der Waals surface area contributed by atoms with Crippen LogP contribution in [-0.4, -0.2) is 11.2 Å². The number of alkyl halides is 3. The lowest BCUT2D eigenvalue weighted by molar-refractivity contribution is 0.0531. The van der Waals surface area contributed by atoms with Gasteiger partial charge in [0.15, 0.2) is 5.82 Å². The summed E-state index contributed by atoms with van der Waals surface area (Å²) >= 11 is 9.74. The van der Waals surface area contributed by atoms with Crippen molar-refractivity contribution < 1.29 is 18.0 Å². The maximum Gasteiger partial charge on any atom is 0.385 e. The largest absolute Gasteiger partial charge is 0.385 e. The Labute approximate surface area is 87.4 Å². The summed E-state index contributed by atoms with van der Waals surface area (Å²) < 4.78 is 37.7. The van der Waals surface area contributed by atoms with Crippen molar-refractivity contribution in [1.82, 2.24) is 0 Å². The quantitative estimate of drug-likeness (QED) is 0.573. The van der Waals surface area contributed by atoms with E-state index >= 15 is 0 Å². The van der Waals surface area contributed by atoms with Gasteiger partial charge in [0, 0.05) is 0 Å². The number of hydrogen-bond donors (Lipinski definition) is 0. The second-order valence-electron chi connectivity index (χ2n) is 2.43. The molecule has 0 heterocycles. The van der Waals surface area contributed by atoms with Crippen molar-refractivity contribution in [2.75, 3.05) is 0 Å². The number of benzene rings is 1. The molecule has 0 aromatic heterocycles. The van der Waals surface area contributed by atoms with Gasteiger partial charge in [-0.05, 0) is 23.7 Å². The fourth-order valence-corrected chi connectivity index (χ4v) is 1.11. The van der Waals surface area contributed by atoms with Gasteiger partial charge in [0.2, 0.25) is 0 Å². The molecule has 0 unspecified atom stereocenters. The Bertz CT molecular complexity index is 373. The molecule has 1 rings (SSSR count). The van der Waals surface area contributed by atoms with Crippen LogP contribution in [0.1, 0.15) is 10.4 Å². The van der Waals surface area contributed by atoms with E-state index < -0.39 is 27.6 Å². The number of rotatable bonds is 2. The van der Waals surface area contributed by atoms with Crippen LogP contribution in [0.4, 0.5) is 13.2 Å². The summed E-state index contributed by atoms with van der Waals surface area (Å²) in [4.78, 5) is 10.9. The third-order valence-corrected chi connectivity index (χ3v) is 1.92. The number of hydrogen-bond acceptors (Lipinski definition) is 1. The van der Waals surface area contributed by atoms with Crippen molar-refractivity contribution in [2.24, 2.45) is 0 Å². The zero-order valence-corrected chi connectivity index (χ0v) is 8.04. The minimum atomic E-state index is -4.12. The van der Waals surface area contributed by atoms with E-state index in [0.29, 0.717) is 0 Å². The molecule has 0 bridgehead atoms. The molecule has 0 aliphatic heterocycles. The van der Waals surface area contributed by atoms with Gasteiger partial charge in [-0.1, -0.05) is 17.7 Å². The SMILES string of the molecule is O=C(c1cccc(Cl)c1F)C(F)(F)Cl. The minimum absolute atomic E-state index is 0.406. The second-order valence-corrected chi connectivity index (χ2v) is 3.31. The molecular formula is C8H3Cl2F3O. The topological polar surface area (TPSA) is 17.1 Å². The van der Waals surface area contributed by atoms with E-state index in [1.807, 2.05) is 0 Å². The number of halogens is 5. The lowest BCUT2D eigenvalue weighted by Crippen LogP contribution is -2.22. The van der Waals surface area contributed by atoms with E-state index in [0.717, 1.165) is 12.1 Å². The lowest BCUT2D eigenvalue weighted by atomic mass is 10.1. The van der Waals surface area contributed by atoms with Crippen LogP contribution in [-0.2, 0) is 0 Å². The van der Waals surface area contributed by atoms with Crippen LogP contribution < -0.4 is 0 Å². The van der Waals surface area contributed by atoms with Crippen molar-refractivity contribution in [3.63, 3.8) is 0 Å². The highest BCUT2D eigenvalue weighted by Gasteiger charge is 2.38. The average molecular weight is 243 g/mol. The molecule has 1 aromatic carbocycles. The molecule has 6 heteroatoms. The van der Waals surface area contributed by atoms with Gasteiger partial charge in [0.05, 0.1) is 10.6 Å². The molecule has 0 atom stereocenters. The molecule has 0 aliphatic rings. The Morgan fingerprint density at radius 1 is 1.36 bits per heavy atom. The number of Topliss-reactive ketones (excluding diaryl/α,β-unsaturated/α-hetero) is 1. The first-order chi connectivity index (χ1) is 6.34. The second kappa shape index (κ2) is 3.79. The molecular weight excluding hydrogens is 240 g/mol. The molecule has 0 amide bonds. The maximum atomic E-state index is 13.0. The van der Waals surface area contributed by atoms with Crippen molar-refractivity contribution in [2.45, 2.75) is 5.38 Å². The van der Waals surface area contributed by atoms with Crippen LogP contribution in [0.15, 0.2) is 18.2 Å². The molecule has 0 fully saturated rings. The Morgan fingerprint density at radius 3 is 2.43 bits per heavy atom. The van der Waals surface area contributed by atoms with Gasteiger partial charge in [-0.3, -0.25) is 4.79 Å². The fourth-order valence-electron chi connectivity index (χ4n) is 0.832. The summed E-state index contributed by atoms with van der Waals surface area (Å²) in [5.74, 6) is -3.00. The lowest BCUT2D eigenvalue weighted by Gasteiger charge is -2.07. The molecule has 0 saturated carbocycles. The summed E-state index contributed by atoms with van der Waals surface area (Å²) in [7, 11) is 0. The highest BCUT2D eigenvalue weighted by Crippen LogP contribution is 2.27. The van der Waals surface area contributed by atoms with Crippen molar-refractivity contribution in [3.8, 4) is 0 Å². The van der Waals surface area contributed by atoms with Crippen molar-refractivity contribution in [3.05, 3.63) is 34.6 Å². The predicted octanol–water partition coefficient (Wildman–Crippen LogP) is 3.49. The van der Waals surface area contributed by atoms with E-state index in [4.69, 9.17) is 11.6 Å². The van der Waals surface area contributed by atoms with Crippen LogP contribution in [0.5, 0.6) is 0 Å². The first-order valence-corrected chi connectivity index (χ1v) is 4.15. The normalized spacial score (nSPS) is 11.5. The van der Waals surface area contributed by atoms with Crippen LogP contribution >= 0.6 is 23.2 Å². The smallest absolute Gasteiger partial charge is 0.286 e. The van der Waals surface area contributed by atoms with Gasteiger partial charge in [-0.2, -0.15) is 8.78 Å². The van der Waals surface area contributed by atoms with Gasteiger partial charge < -0.3 is 0 Å². The molecule has 76 valence electrons. The fraction of sp³-hybridized carbons (Fsp3) is 0.125. The highest BCUT2D eigenvalue weighted by molar-refractivity contribution is 6.36. The summed E-state index contributed by atoms with van der Waals surface area (Å²) in [5, 5.41) is -4.53. The molecule has 14 heavy (non-hydrogen) atoms. The van der Waals surface area contributed by atoms with Crippen molar-refractivity contribution >= 4 is 29.0 Å². The molecule has 1 aromatic rings. The molecule has 1 nitrogen and oxygen atoms in total. The Hall–Kier alpha value is -0.740. The zero-order valence-electron chi connectivity index (χ0n) is 6.53. The third kappa shape index (κ3) is 2.19. The highest BCUT2D eigenvalue weighted by atomic mass is 35.5. The molecule has 0 N–H and O–H groups in total. The Kier molecular flexibility index (Phi) is 3.07. The summed E-state index contributed by atoms with van der Waals surface area (Å²) in [6.45, 7) is 0. The van der Waals surface area contributed by atoms with E-state index in [1.165, 1.54) is 6.07 Å². The van der Waals surface area contributed by atoms with Crippen LogP contribution in [0.3, 0.4) is 0 Å². The van der Waals surface area contributed by atoms with E-state index in [-0.39, 0.29) is 0 Å². The maximum absolute atomic E-state index is 13.0. The van der Waals surface area contributed by atoms with Gasteiger partial charge >= 0.3 is 5.38 Å².